The Morgan fingerprint density at radius 2 is 2.24 bits per heavy atom. The Labute approximate surface area is 97.1 Å². The molecular formula is C12H12N4O. The Kier molecular flexibility index (Phi) is 2.01. The normalized spacial score (nSPS) is 11.7. The molecule has 3 aromatic heterocycles. The van der Waals surface area contributed by atoms with Gasteiger partial charge >= 0.3 is 5.69 Å². The van der Waals surface area contributed by atoms with Crippen LogP contribution in [0.2, 0.25) is 0 Å². The highest BCUT2D eigenvalue weighted by molar-refractivity contribution is 5.86. The molecule has 0 aliphatic carbocycles. The zero-order valence-corrected chi connectivity index (χ0v) is 9.64. The fourth-order valence-corrected chi connectivity index (χ4v) is 1.86. The first-order valence-electron chi connectivity index (χ1n) is 5.53. The van der Waals surface area contributed by atoms with E-state index in [-0.39, 0.29) is 11.6 Å². The molecule has 5 nitrogen and oxygen atoms in total. The van der Waals surface area contributed by atoms with Gasteiger partial charge in [-0.2, -0.15) is 0 Å². The number of imidazole rings is 1. The van der Waals surface area contributed by atoms with Crippen LogP contribution in [-0.4, -0.2) is 19.4 Å². The molecule has 86 valence electrons. The molecule has 0 bridgehead atoms. The lowest BCUT2D eigenvalue weighted by atomic mass is 10.2. The van der Waals surface area contributed by atoms with Crippen LogP contribution in [-0.2, 0) is 0 Å². The molecule has 0 amide bonds. The molecular weight excluding hydrogens is 216 g/mol. The van der Waals surface area contributed by atoms with Gasteiger partial charge in [0.05, 0.1) is 11.2 Å². The molecule has 3 heterocycles. The van der Waals surface area contributed by atoms with Gasteiger partial charge in [-0.05, 0) is 18.1 Å². The molecule has 0 aliphatic rings. The van der Waals surface area contributed by atoms with Gasteiger partial charge in [-0.3, -0.25) is 4.98 Å². The van der Waals surface area contributed by atoms with Crippen LogP contribution in [0.4, 0.5) is 0 Å². The van der Waals surface area contributed by atoms with E-state index in [9.17, 15) is 4.79 Å². The lowest BCUT2D eigenvalue weighted by molar-refractivity contribution is 0.833. The first-order valence-corrected chi connectivity index (χ1v) is 5.53. The number of H-pyrrole nitrogens is 1. The van der Waals surface area contributed by atoms with E-state index >= 15 is 0 Å². The van der Waals surface area contributed by atoms with E-state index in [1.165, 1.54) is 4.40 Å². The van der Waals surface area contributed by atoms with Crippen LogP contribution in [0.1, 0.15) is 25.5 Å². The number of rotatable bonds is 1. The minimum atomic E-state index is -0.181. The number of aromatic amines is 1. The Morgan fingerprint density at radius 3 is 3.00 bits per heavy atom. The number of nitrogens with zero attached hydrogens (tertiary/aromatic N) is 3. The third-order valence-corrected chi connectivity index (χ3v) is 2.80. The third kappa shape index (κ3) is 1.43. The summed E-state index contributed by atoms with van der Waals surface area (Å²) in [5, 5.41) is 0. The quantitative estimate of drug-likeness (QED) is 0.689. The maximum absolute atomic E-state index is 11.9. The van der Waals surface area contributed by atoms with Crippen LogP contribution < -0.4 is 5.69 Å². The van der Waals surface area contributed by atoms with Gasteiger partial charge in [0.15, 0.2) is 5.65 Å². The fourth-order valence-electron chi connectivity index (χ4n) is 1.86. The maximum atomic E-state index is 11.9. The van der Waals surface area contributed by atoms with E-state index < -0.39 is 0 Å². The maximum Gasteiger partial charge on any atom is 0.331 e. The van der Waals surface area contributed by atoms with Crippen molar-refractivity contribution in [3.05, 3.63) is 40.7 Å². The van der Waals surface area contributed by atoms with Crippen molar-refractivity contribution in [1.82, 2.24) is 19.4 Å². The number of fused-ring (bicyclic) bond motifs is 3. The van der Waals surface area contributed by atoms with Crippen LogP contribution in [0.5, 0.6) is 0 Å². The molecule has 3 aromatic rings. The zero-order valence-electron chi connectivity index (χ0n) is 9.64. The van der Waals surface area contributed by atoms with Crippen molar-refractivity contribution in [1.29, 1.82) is 0 Å². The number of aromatic nitrogens is 4. The summed E-state index contributed by atoms with van der Waals surface area (Å²) in [5.74, 6) is 0.285. The van der Waals surface area contributed by atoms with E-state index in [1.807, 2.05) is 19.9 Å². The minimum absolute atomic E-state index is 0.181. The Balaban J connectivity index is 2.51. The van der Waals surface area contributed by atoms with Crippen LogP contribution >= 0.6 is 0 Å². The van der Waals surface area contributed by atoms with Crippen molar-refractivity contribution in [3.63, 3.8) is 0 Å². The second-order valence-electron chi connectivity index (χ2n) is 4.34. The molecule has 0 saturated heterocycles. The molecule has 1 N–H and O–H groups in total. The Bertz CT molecular complexity index is 754. The fraction of sp³-hybridized carbons (Fsp3) is 0.250. The topological polar surface area (TPSA) is 63.0 Å². The first-order chi connectivity index (χ1) is 8.16. The SMILES string of the molecule is CC(C)c1cn2c(=O)[nH]c3cccnc3c2n1. The number of nitrogens with one attached hydrogen (secondary N) is 1. The Morgan fingerprint density at radius 1 is 1.41 bits per heavy atom. The van der Waals surface area contributed by atoms with Gasteiger partial charge in [0.2, 0.25) is 0 Å². The van der Waals surface area contributed by atoms with Crippen molar-refractivity contribution in [2.75, 3.05) is 0 Å². The molecule has 0 aromatic carbocycles. The molecule has 0 atom stereocenters. The van der Waals surface area contributed by atoms with Crippen LogP contribution in [0.25, 0.3) is 16.7 Å². The lowest BCUT2D eigenvalue weighted by Crippen LogP contribution is -2.15. The summed E-state index contributed by atoms with van der Waals surface area (Å²) >= 11 is 0. The largest absolute Gasteiger partial charge is 0.331 e. The molecule has 17 heavy (non-hydrogen) atoms. The van der Waals surface area contributed by atoms with E-state index in [4.69, 9.17) is 0 Å². The van der Waals surface area contributed by atoms with Gasteiger partial charge in [0.1, 0.15) is 5.52 Å². The smallest absolute Gasteiger partial charge is 0.305 e. The second-order valence-corrected chi connectivity index (χ2v) is 4.34. The number of hydrogen-bond acceptors (Lipinski definition) is 3. The average molecular weight is 228 g/mol. The molecule has 3 rings (SSSR count). The van der Waals surface area contributed by atoms with Crippen molar-refractivity contribution in [2.24, 2.45) is 0 Å². The highest BCUT2D eigenvalue weighted by atomic mass is 16.1. The molecule has 0 radical (unpaired) electrons. The van der Waals surface area contributed by atoms with Crippen molar-refractivity contribution in [2.45, 2.75) is 19.8 Å². The van der Waals surface area contributed by atoms with E-state index in [0.717, 1.165) is 11.2 Å². The summed E-state index contributed by atoms with van der Waals surface area (Å²) in [7, 11) is 0. The highest BCUT2D eigenvalue weighted by Crippen LogP contribution is 2.17. The van der Waals surface area contributed by atoms with Gasteiger partial charge in [-0.15, -0.1) is 0 Å². The molecule has 5 heteroatoms. The Hall–Kier alpha value is -2.17. The zero-order chi connectivity index (χ0) is 12.0. The summed E-state index contributed by atoms with van der Waals surface area (Å²) in [6, 6.07) is 3.62. The van der Waals surface area contributed by atoms with Gasteiger partial charge < -0.3 is 4.98 Å². The number of pyridine rings is 1. The van der Waals surface area contributed by atoms with Gasteiger partial charge in [-0.1, -0.05) is 13.8 Å². The molecule has 0 aliphatic heterocycles. The average Bonchev–Trinajstić information content (AvgIpc) is 2.75. The van der Waals surface area contributed by atoms with E-state index in [0.29, 0.717) is 11.2 Å². The van der Waals surface area contributed by atoms with E-state index in [2.05, 4.69) is 15.0 Å². The summed E-state index contributed by atoms with van der Waals surface area (Å²) in [4.78, 5) is 23.4. The summed E-state index contributed by atoms with van der Waals surface area (Å²) in [6.45, 7) is 4.09. The summed E-state index contributed by atoms with van der Waals surface area (Å²) in [5.41, 5.74) is 2.77. The monoisotopic (exact) mass is 228 g/mol. The number of hydrogen-bond donors (Lipinski definition) is 1. The molecule has 0 unspecified atom stereocenters. The highest BCUT2D eigenvalue weighted by Gasteiger charge is 2.11. The van der Waals surface area contributed by atoms with Crippen LogP contribution in [0.15, 0.2) is 29.3 Å². The minimum Gasteiger partial charge on any atom is -0.305 e. The third-order valence-electron chi connectivity index (χ3n) is 2.80. The molecule has 0 saturated carbocycles. The predicted octanol–water partition coefficient (Wildman–Crippen LogP) is 1.69. The second kappa shape index (κ2) is 3.41. The summed E-state index contributed by atoms with van der Waals surface area (Å²) in [6.07, 6.45) is 3.47. The van der Waals surface area contributed by atoms with Gasteiger partial charge in [0.25, 0.3) is 0 Å². The van der Waals surface area contributed by atoms with Crippen LogP contribution in [0.3, 0.4) is 0 Å². The van der Waals surface area contributed by atoms with Crippen molar-refractivity contribution in [3.8, 4) is 0 Å². The van der Waals surface area contributed by atoms with Gasteiger partial charge in [0, 0.05) is 12.4 Å². The summed E-state index contributed by atoms with van der Waals surface area (Å²) < 4.78 is 1.52. The van der Waals surface area contributed by atoms with Crippen LogP contribution in [0, 0.1) is 0 Å². The van der Waals surface area contributed by atoms with Crippen molar-refractivity contribution < 1.29 is 0 Å². The predicted molar refractivity (Wildman–Crippen MR) is 65.2 cm³/mol. The first kappa shape index (κ1) is 10.0. The van der Waals surface area contributed by atoms with Crippen molar-refractivity contribution >= 4 is 16.7 Å². The van der Waals surface area contributed by atoms with E-state index in [1.54, 1.807) is 18.5 Å². The molecule has 0 spiro atoms. The lowest BCUT2D eigenvalue weighted by Gasteiger charge is -1.97. The van der Waals surface area contributed by atoms with Gasteiger partial charge in [-0.25, -0.2) is 14.2 Å². The molecule has 0 fully saturated rings. The standard InChI is InChI=1S/C12H12N4O/c1-7(2)9-6-16-11(14-9)10-8(15-12(16)17)4-3-5-13-10/h3-7H,1-2H3,(H,15,17).